The smallest absolute Gasteiger partial charge is 0.291 e. The van der Waals surface area contributed by atoms with Crippen molar-refractivity contribution < 1.29 is 14.0 Å². The van der Waals surface area contributed by atoms with E-state index in [2.05, 4.69) is 10.6 Å². The van der Waals surface area contributed by atoms with Crippen molar-refractivity contribution in [3.8, 4) is 0 Å². The molecule has 0 saturated carbocycles. The highest BCUT2D eigenvalue weighted by molar-refractivity contribution is 6.05. The first-order valence-electron chi connectivity index (χ1n) is 8.15. The number of benzene rings is 2. The van der Waals surface area contributed by atoms with Crippen LogP contribution in [-0.2, 0) is 4.79 Å². The van der Waals surface area contributed by atoms with Crippen LogP contribution >= 0.6 is 0 Å². The first-order chi connectivity index (χ1) is 11.9. The number of rotatable bonds is 4. The molecule has 2 aromatic carbocycles. The number of carbonyl (C=O) groups excluding carboxylic acids is 2. The summed E-state index contributed by atoms with van der Waals surface area (Å²) in [6.45, 7) is 5.55. The van der Waals surface area contributed by atoms with Crippen molar-refractivity contribution in [3.05, 3.63) is 59.9 Å². The Morgan fingerprint density at radius 3 is 2.44 bits per heavy atom. The van der Waals surface area contributed by atoms with E-state index in [1.54, 1.807) is 18.2 Å². The molecular weight excluding hydrogens is 316 g/mol. The fourth-order valence-corrected chi connectivity index (χ4v) is 2.45. The molecule has 3 rings (SSSR count). The number of nitrogens with one attached hydrogen (secondary N) is 2. The monoisotopic (exact) mass is 336 g/mol. The molecule has 0 spiro atoms. The van der Waals surface area contributed by atoms with Gasteiger partial charge >= 0.3 is 0 Å². The molecule has 0 radical (unpaired) electrons. The van der Waals surface area contributed by atoms with Crippen LogP contribution < -0.4 is 10.6 Å². The standard InChI is InChI=1S/C20H20N2O3/c1-12(2)19(23)21-15-8-9-16(13(3)10-15)22-20(24)18-11-14-6-4-5-7-17(14)25-18/h4-12H,1-3H3,(H,21,23)(H,22,24). The van der Waals surface area contributed by atoms with E-state index in [1.165, 1.54) is 0 Å². The number of furan rings is 1. The molecule has 0 bridgehead atoms. The molecule has 1 heterocycles. The highest BCUT2D eigenvalue weighted by Crippen LogP contribution is 2.23. The van der Waals surface area contributed by atoms with E-state index in [0.717, 1.165) is 10.9 Å². The quantitative estimate of drug-likeness (QED) is 0.732. The number of carbonyl (C=O) groups is 2. The van der Waals surface area contributed by atoms with Gasteiger partial charge < -0.3 is 15.1 Å². The fraction of sp³-hybridized carbons (Fsp3) is 0.200. The molecule has 1 aromatic heterocycles. The predicted octanol–water partition coefficient (Wildman–Crippen LogP) is 4.59. The third kappa shape index (κ3) is 3.71. The summed E-state index contributed by atoms with van der Waals surface area (Å²) in [6.07, 6.45) is 0. The molecule has 0 aliphatic heterocycles. The first-order valence-corrected chi connectivity index (χ1v) is 8.15. The number of hydrogen-bond donors (Lipinski definition) is 2. The summed E-state index contributed by atoms with van der Waals surface area (Å²) < 4.78 is 5.58. The average molecular weight is 336 g/mol. The summed E-state index contributed by atoms with van der Waals surface area (Å²) in [5.74, 6) is -0.178. The van der Waals surface area contributed by atoms with Crippen molar-refractivity contribution in [1.82, 2.24) is 0 Å². The third-order valence-corrected chi connectivity index (χ3v) is 3.92. The van der Waals surface area contributed by atoms with Crippen LogP contribution in [0.3, 0.4) is 0 Å². The van der Waals surface area contributed by atoms with Gasteiger partial charge in [0.25, 0.3) is 5.91 Å². The van der Waals surface area contributed by atoms with Gasteiger partial charge in [-0.3, -0.25) is 9.59 Å². The Labute approximate surface area is 146 Å². The van der Waals surface area contributed by atoms with Crippen LogP contribution in [0.2, 0.25) is 0 Å². The minimum absolute atomic E-state index is 0.0431. The molecule has 0 atom stereocenters. The maximum Gasteiger partial charge on any atom is 0.291 e. The minimum atomic E-state index is -0.307. The van der Waals surface area contributed by atoms with Gasteiger partial charge in [-0.1, -0.05) is 32.0 Å². The Bertz CT molecular complexity index is 908. The molecule has 2 amide bonds. The van der Waals surface area contributed by atoms with E-state index in [0.29, 0.717) is 17.0 Å². The molecule has 0 aliphatic rings. The largest absolute Gasteiger partial charge is 0.451 e. The summed E-state index contributed by atoms with van der Waals surface area (Å²) in [7, 11) is 0. The maximum absolute atomic E-state index is 12.4. The van der Waals surface area contributed by atoms with E-state index >= 15 is 0 Å². The number of para-hydroxylation sites is 1. The van der Waals surface area contributed by atoms with Crippen LogP contribution in [0.25, 0.3) is 11.0 Å². The molecule has 0 aliphatic carbocycles. The lowest BCUT2D eigenvalue weighted by molar-refractivity contribution is -0.118. The van der Waals surface area contributed by atoms with Gasteiger partial charge in [-0.2, -0.15) is 0 Å². The summed E-state index contributed by atoms with van der Waals surface area (Å²) in [6, 6.07) is 14.6. The lowest BCUT2D eigenvalue weighted by Gasteiger charge is -2.11. The summed E-state index contributed by atoms with van der Waals surface area (Å²) in [5, 5.41) is 6.57. The van der Waals surface area contributed by atoms with Crippen LogP contribution in [0, 0.1) is 12.8 Å². The van der Waals surface area contributed by atoms with Gasteiger partial charge in [0.2, 0.25) is 5.91 Å². The van der Waals surface area contributed by atoms with E-state index in [-0.39, 0.29) is 23.5 Å². The Balaban J connectivity index is 1.76. The van der Waals surface area contributed by atoms with Gasteiger partial charge in [0.15, 0.2) is 5.76 Å². The molecule has 0 fully saturated rings. The Hall–Kier alpha value is -3.08. The van der Waals surface area contributed by atoms with Gasteiger partial charge in [-0.05, 0) is 42.8 Å². The normalized spacial score (nSPS) is 10.9. The van der Waals surface area contributed by atoms with Crippen molar-refractivity contribution >= 4 is 34.2 Å². The lowest BCUT2D eigenvalue weighted by atomic mass is 10.1. The molecular formula is C20H20N2O3. The molecule has 128 valence electrons. The van der Waals surface area contributed by atoms with E-state index in [4.69, 9.17) is 4.42 Å². The van der Waals surface area contributed by atoms with Crippen LogP contribution in [0.4, 0.5) is 11.4 Å². The number of amides is 2. The highest BCUT2D eigenvalue weighted by Gasteiger charge is 2.14. The van der Waals surface area contributed by atoms with E-state index < -0.39 is 0 Å². The minimum Gasteiger partial charge on any atom is -0.451 e. The molecule has 5 nitrogen and oxygen atoms in total. The Kier molecular flexibility index (Phi) is 4.57. The van der Waals surface area contributed by atoms with Crippen molar-refractivity contribution in [2.24, 2.45) is 5.92 Å². The zero-order valence-electron chi connectivity index (χ0n) is 14.4. The molecule has 25 heavy (non-hydrogen) atoms. The van der Waals surface area contributed by atoms with Gasteiger partial charge in [0, 0.05) is 22.7 Å². The molecule has 3 aromatic rings. The van der Waals surface area contributed by atoms with Crippen LogP contribution in [-0.4, -0.2) is 11.8 Å². The lowest BCUT2D eigenvalue weighted by Crippen LogP contribution is -2.18. The Morgan fingerprint density at radius 1 is 1.00 bits per heavy atom. The maximum atomic E-state index is 12.4. The Morgan fingerprint density at radius 2 is 1.76 bits per heavy atom. The van der Waals surface area contributed by atoms with Crippen LogP contribution in [0.15, 0.2) is 52.9 Å². The van der Waals surface area contributed by atoms with Gasteiger partial charge in [-0.15, -0.1) is 0 Å². The van der Waals surface area contributed by atoms with Crippen molar-refractivity contribution in [3.63, 3.8) is 0 Å². The average Bonchev–Trinajstić information content (AvgIpc) is 3.01. The second-order valence-corrected chi connectivity index (χ2v) is 6.28. The number of anilines is 2. The van der Waals surface area contributed by atoms with Crippen LogP contribution in [0.5, 0.6) is 0 Å². The zero-order chi connectivity index (χ0) is 18.0. The molecule has 2 N–H and O–H groups in total. The van der Waals surface area contributed by atoms with Crippen molar-refractivity contribution in [2.75, 3.05) is 10.6 Å². The zero-order valence-corrected chi connectivity index (χ0v) is 14.4. The number of aryl methyl sites for hydroxylation is 1. The fourth-order valence-electron chi connectivity index (χ4n) is 2.45. The van der Waals surface area contributed by atoms with Crippen molar-refractivity contribution in [2.45, 2.75) is 20.8 Å². The highest BCUT2D eigenvalue weighted by atomic mass is 16.3. The van der Waals surface area contributed by atoms with Gasteiger partial charge in [-0.25, -0.2) is 0 Å². The third-order valence-electron chi connectivity index (χ3n) is 3.92. The number of fused-ring (bicyclic) bond motifs is 1. The number of hydrogen-bond acceptors (Lipinski definition) is 3. The van der Waals surface area contributed by atoms with Crippen LogP contribution in [0.1, 0.15) is 30.0 Å². The van der Waals surface area contributed by atoms with E-state index in [1.807, 2.05) is 51.1 Å². The molecule has 0 saturated heterocycles. The molecule has 5 heteroatoms. The summed E-state index contributed by atoms with van der Waals surface area (Å²) in [4.78, 5) is 24.2. The second kappa shape index (κ2) is 6.81. The first kappa shape index (κ1) is 16.8. The molecule has 0 unspecified atom stereocenters. The van der Waals surface area contributed by atoms with Gasteiger partial charge in [0.05, 0.1) is 0 Å². The van der Waals surface area contributed by atoms with Crippen molar-refractivity contribution in [1.29, 1.82) is 0 Å². The summed E-state index contributed by atoms with van der Waals surface area (Å²) >= 11 is 0. The van der Waals surface area contributed by atoms with Gasteiger partial charge in [0.1, 0.15) is 5.58 Å². The topological polar surface area (TPSA) is 71.3 Å². The van der Waals surface area contributed by atoms with E-state index in [9.17, 15) is 9.59 Å². The SMILES string of the molecule is Cc1cc(NC(=O)C(C)C)ccc1NC(=O)c1cc2ccccc2o1. The predicted molar refractivity (Wildman–Crippen MR) is 98.8 cm³/mol. The summed E-state index contributed by atoms with van der Waals surface area (Å²) in [5.41, 5.74) is 2.91. The second-order valence-electron chi connectivity index (χ2n) is 6.28.